The van der Waals surface area contributed by atoms with Gasteiger partial charge >= 0.3 is 0 Å². The van der Waals surface area contributed by atoms with Gasteiger partial charge in [-0.2, -0.15) is 0 Å². The predicted molar refractivity (Wildman–Crippen MR) is 100 cm³/mol. The van der Waals surface area contributed by atoms with E-state index in [0.29, 0.717) is 19.0 Å². The number of carbonyl (C=O) groups is 2. The van der Waals surface area contributed by atoms with Crippen molar-refractivity contribution in [1.29, 1.82) is 0 Å². The minimum atomic E-state index is -0.211. The molecule has 1 aromatic rings. The zero-order valence-corrected chi connectivity index (χ0v) is 16.0. The number of anilines is 1. The summed E-state index contributed by atoms with van der Waals surface area (Å²) in [5, 5.41) is 0. The topological polar surface area (TPSA) is 43.9 Å². The number of nitrogens with zero attached hydrogens (tertiary/aromatic N) is 3. The van der Waals surface area contributed by atoms with E-state index >= 15 is 0 Å². The van der Waals surface area contributed by atoms with Crippen LogP contribution in [0.4, 0.5) is 5.69 Å². The van der Waals surface area contributed by atoms with Gasteiger partial charge in [0.05, 0.1) is 11.6 Å². The predicted octanol–water partition coefficient (Wildman–Crippen LogP) is 2.50. The third-order valence-corrected chi connectivity index (χ3v) is 6.42. The fourth-order valence-corrected chi connectivity index (χ4v) is 4.88. The van der Waals surface area contributed by atoms with Crippen molar-refractivity contribution in [3.63, 3.8) is 0 Å². The quantitative estimate of drug-likeness (QED) is 0.775. The van der Waals surface area contributed by atoms with Crippen LogP contribution in [0.5, 0.6) is 0 Å². The van der Waals surface area contributed by atoms with E-state index in [0.717, 1.165) is 29.7 Å². The van der Waals surface area contributed by atoms with Crippen molar-refractivity contribution in [2.75, 3.05) is 37.6 Å². The van der Waals surface area contributed by atoms with E-state index in [1.54, 1.807) is 4.90 Å². The number of rotatable bonds is 3. The zero-order valence-electron chi connectivity index (χ0n) is 14.4. The van der Waals surface area contributed by atoms with Crippen molar-refractivity contribution < 1.29 is 9.59 Å². The molecule has 5 nitrogen and oxygen atoms in total. The molecule has 0 saturated carbocycles. The van der Waals surface area contributed by atoms with Gasteiger partial charge < -0.3 is 9.80 Å². The Hall–Kier alpha value is -1.40. The first-order valence-corrected chi connectivity index (χ1v) is 10.0. The third-order valence-electron chi connectivity index (χ3n) is 5.75. The van der Waals surface area contributed by atoms with Crippen LogP contribution in [0.3, 0.4) is 0 Å². The molecule has 3 aliphatic heterocycles. The highest BCUT2D eigenvalue weighted by Crippen LogP contribution is 2.32. The van der Waals surface area contributed by atoms with Crippen molar-refractivity contribution in [2.24, 2.45) is 5.92 Å². The maximum Gasteiger partial charge on any atom is 0.228 e. The molecule has 3 aliphatic rings. The smallest absolute Gasteiger partial charge is 0.228 e. The highest BCUT2D eigenvalue weighted by atomic mass is 79.9. The molecule has 1 aromatic carbocycles. The molecule has 0 N–H and O–H groups in total. The molecular weight excluding hydrogens is 382 g/mol. The lowest BCUT2D eigenvalue weighted by atomic mass is 10.1. The Labute approximate surface area is 157 Å². The van der Waals surface area contributed by atoms with Gasteiger partial charge in [-0.25, -0.2) is 0 Å². The van der Waals surface area contributed by atoms with Crippen LogP contribution in [0.15, 0.2) is 28.7 Å². The van der Waals surface area contributed by atoms with Crippen LogP contribution in [-0.4, -0.2) is 60.4 Å². The standard InChI is InChI=1S/C19H24BrN3O2/c20-16-5-1-2-6-17(16)23-12-14(11-18(23)24)19(25)22-10-7-15(13-22)21-8-3-4-9-21/h1-2,5-6,14-15H,3-4,7-13H2/t14-,15+/m1/s1. The number of carbonyl (C=O) groups excluding carboxylic acids is 2. The molecule has 0 aromatic heterocycles. The summed E-state index contributed by atoms with van der Waals surface area (Å²) in [7, 11) is 0. The Balaban J connectivity index is 1.40. The van der Waals surface area contributed by atoms with Crippen LogP contribution in [0.25, 0.3) is 0 Å². The second kappa shape index (κ2) is 7.08. The molecule has 25 heavy (non-hydrogen) atoms. The summed E-state index contributed by atoms with van der Waals surface area (Å²) in [6.45, 7) is 4.50. The first-order chi connectivity index (χ1) is 12.1. The Bertz CT molecular complexity index is 674. The summed E-state index contributed by atoms with van der Waals surface area (Å²) < 4.78 is 0.895. The number of amides is 2. The largest absolute Gasteiger partial charge is 0.341 e. The summed E-state index contributed by atoms with van der Waals surface area (Å²) >= 11 is 3.51. The van der Waals surface area contributed by atoms with E-state index in [1.165, 1.54) is 25.9 Å². The highest BCUT2D eigenvalue weighted by molar-refractivity contribution is 9.10. The van der Waals surface area contributed by atoms with Gasteiger partial charge in [0.15, 0.2) is 0 Å². The van der Waals surface area contributed by atoms with Gasteiger partial charge in [0.25, 0.3) is 0 Å². The zero-order chi connectivity index (χ0) is 17.4. The fourth-order valence-electron chi connectivity index (χ4n) is 4.38. The summed E-state index contributed by atoms with van der Waals surface area (Å²) in [6, 6.07) is 8.22. The van der Waals surface area contributed by atoms with Gasteiger partial charge in [0, 0.05) is 36.6 Å². The van der Waals surface area contributed by atoms with E-state index in [2.05, 4.69) is 20.8 Å². The van der Waals surface area contributed by atoms with E-state index in [-0.39, 0.29) is 17.7 Å². The molecule has 134 valence electrons. The average molecular weight is 406 g/mol. The molecule has 2 atom stereocenters. The van der Waals surface area contributed by atoms with Crippen LogP contribution in [0, 0.1) is 5.92 Å². The molecule has 3 fully saturated rings. The van der Waals surface area contributed by atoms with E-state index in [4.69, 9.17) is 0 Å². The molecular formula is C19H24BrN3O2. The minimum absolute atomic E-state index is 0.0422. The minimum Gasteiger partial charge on any atom is -0.341 e. The second-order valence-electron chi connectivity index (χ2n) is 7.33. The highest BCUT2D eigenvalue weighted by Gasteiger charge is 2.40. The summed E-state index contributed by atoms with van der Waals surface area (Å²) in [5.74, 6) is -0.0120. The van der Waals surface area contributed by atoms with Crippen molar-refractivity contribution in [3.05, 3.63) is 28.7 Å². The van der Waals surface area contributed by atoms with Gasteiger partial charge in [-0.05, 0) is 60.4 Å². The lowest BCUT2D eigenvalue weighted by molar-refractivity contribution is -0.134. The Morgan fingerprint density at radius 1 is 1.08 bits per heavy atom. The first-order valence-electron chi connectivity index (χ1n) is 9.21. The van der Waals surface area contributed by atoms with Crippen molar-refractivity contribution in [3.8, 4) is 0 Å². The maximum atomic E-state index is 12.9. The average Bonchev–Trinajstić information content (AvgIpc) is 3.35. The summed E-state index contributed by atoms with van der Waals surface area (Å²) in [6.07, 6.45) is 3.95. The van der Waals surface area contributed by atoms with Crippen molar-refractivity contribution in [2.45, 2.75) is 31.7 Å². The van der Waals surface area contributed by atoms with E-state index in [9.17, 15) is 9.59 Å². The van der Waals surface area contributed by atoms with Gasteiger partial charge in [-0.15, -0.1) is 0 Å². The molecule has 3 saturated heterocycles. The normalized spacial score (nSPS) is 27.5. The summed E-state index contributed by atoms with van der Waals surface area (Å²) in [4.78, 5) is 31.7. The lowest BCUT2D eigenvalue weighted by Gasteiger charge is -2.25. The van der Waals surface area contributed by atoms with Crippen LogP contribution in [-0.2, 0) is 9.59 Å². The number of hydrogen-bond donors (Lipinski definition) is 0. The molecule has 0 aliphatic carbocycles. The molecule has 0 unspecified atom stereocenters. The third kappa shape index (κ3) is 3.34. The van der Waals surface area contributed by atoms with Gasteiger partial charge in [-0.3, -0.25) is 14.5 Å². The van der Waals surface area contributed by atoms with Gasteiger partial charge in [0.1, 0.15) is 0 Å². The number of para-hydroxylation sites is 1. The van der Waals surface area contributed by atoms with Crippen molar-refractivity contribution in [1.82, 2.24) is 9.80 Å². The van der Waals surface area contributed by atoms with Crippen LogP contribution in [0.2, 0.25) is 0 Å². The molecule has 3 heterocycles. The number of hydrogen-bond acceptors (Lipinski definition) is 3. The Morgan fingerprint density at radius 2 is 1.84 bits per heavy atom. The van der Waals surface area contributed by atoms with Gasteiger partial charge in [0.2, 0.25) is 11.8 Å². The number of benzene rings is 1. The second-order valence-corrected chi connectivity index (χ2v) is 8.18. The lowest BCUT2D eigenvalue weighted by Crippen LogP contribution is -2.40. The molecule has 0 radical (unpaired) electrons. The van der Waals surface area contributed by atoms with Crippen LogP contribution in [0.1, 0.15) is 25.7 Å². The van der Waals surface area contributed by atoms with Gasteiger partial charge in [-0.1, -0.05) is 12.1 Å². The SMILES string of the molecule is O=C([C@@H]1CC(=O)N(c2ccccc2Br)C1)N1CC[C@H](N2CCCC2)C1. The maximum absolute atomic E-state index is 12.9. The van der Waals surface area contributed by atoms with Crippen molar-refractivity contribution >= 4 is 33.4 Å². The molecule has 2 amide bonds. The Morgan fingerprint density at radius 3 is 2.60 bits per heavy atom. The molecule has 0 bridgehead atoms. The van der Waals surface area contributed by atoms with E-state index in [1.807, 2.05) is 29.2 Å². The Kier molecular flexibility index (Phi) is 4.82. The number of halogens is 1. The molecule has 0 spiro atoms. The first kappa shape index (κ1) is 17.0. The van der Waals surface area contributed by atoms with E-state index < -0.39 is 0 Å². The fraction of sp³-hybridized carbons (Fsp3) is 0.579. The summed E-state index contributed by atoms with van der Waals surface area (Å²) in [5.41, 5.74) is 0.860. The molecule has 4 rings (SSSR count). The molecule has 6 heteroatoms. The number of likely N-dealkylation sites (tertiary alicyclic amines) is 2. The van der Waals surface area contributed by atoms with Crippen LogP contribution >= 0.6 is 15.9 Å². The monoisotopic (exact) mass is 405 g/mol. The van der Waals surface area contributed by atoms with Crippen LogP contribution < -0.4 is 4.90 Å².